The van der Waals surface area contributed by atoms with E-state index in [0.717, 1.165) is 11.8 Å². The maximum absolute atomic E-state index is 11.8. The number of furan rings is 1. The Labute approximate surface area is 148 Å². The van der Waals surface area contributed by atoms with Gasteiger partial charge in [0.2, 0.25) is 11.8 Å². The number of benzene rings is 1. The average molecular weight is 363 g/mol. The molecule has 1 aromatic carbocycles. The number of carbonyl (C=O) groups is 3. The summed E-state index contributed by atoms with van der Waals surface area (Å²) in [5.41, 5.74) is 5.10. The summed E-state index contributed by atoms with van der Waals surface area (Å²) in [6.07, 6.45) is 1.36. The van der Waals surface area contributed by atoms with Crippen molar-refractivity contribution in [3.63, 3.8) is 0 Å². The Kier molecular flexibility index (Phi) is 6.90. The zero-order chi connectivity index (χ0) is 18.1. The molecule has 0 saturated heterocycles. The number of rotatable bonds is 7. The van der Waals surface area contributed by atoms with Crippen molar-refractivity contribution in [1.82, 2.24) is 10.9 Å². The van der Waals surface area contributed by atoms with Gasteiger partial charge in [-0.15, -0.1) is 11.8 Å². The third-order valence-electron chi connectivity index (χ3n) is 2.90. The molecule has 0 unspecified atom stereocenters. The molecule has 0 aliphatic rings. The number of amides is 3. The maximum Gasteiger partial charge on any atom is 0.305 e. The molecule has 0 spiro atoms. The van der Waals surface area contributed by atoms with Gasteiger partial charge in [0, 0.05) is 5.69 Å². The second-order valence-electron chi connectivity index (χ2n) is 4.75. The molecule has 0 aliphatic heterocycles. The molecular weight excluding hydrogens is 346 g/mol. The summed E-state index contributed by atoms with van der Waals surface area (Å²) < 4.78 is 9.91. The van der Waals surface area contributed by atoms with Crippen molar-refractivity contribution in [2.24, 2.45) is 0 Å². The molecule has 25 heavy (non-hydrogen) atoms. The summed E-state index contributed by atoms with van der Waals surface area (Å²) in [4.78, 5) is 34.9. The molecule has 0 fully saturated rings. The number of methoxy groups -OCH3 is 1. The normalized spacial score (nSPS) is 9.96. The van der Waals surface area contributed by atoms with Crippen LogP contribution in [0.25, 0.3) is 0 Å². The highest BCUT2D eigenvalue weighted by Gasteiger charge is 2.10. The number of thioether (sulfide) groups is 1. The predicted octanol–water partition coefficient (Wildman–Crippen LogP) is 1.42. The lowest BCUT2D eigenvalue weighted by molar-refractivity contribution is -0.119. The standard InChI is InChI=1S/C16H17N3O5S/c1-23-12-6-4-11(5-7-12)17-14(20)9-25-10-15(21)18-19-16(22)13-3-2-8-24-13/h2-8H,9-10H2,1H3,(H,17,20)(H,18,21)(H,19,22). The van der Waals surface area contributed by atoms with Crippen molar-refractivity contribution in [3.05, 3.63) is 48.4 Å². The lowest BCUT2D eigenvalue weighted by Gasteiger charge is -2.07. The Morgan fingerprint density at radius 2 is 1.76 bits per heavy atom. The fourth-order valence-electron chi connectivity index (χ4n) is 1.74. The van der Waals surface area contributed by atoms with Crippen LogP contribution in [0, 0.1) is 0 Å². The van der Waals surface area contributed by atoms with Crippen LogP contribution in [0.5, 0.6) is 5.75 Å². The average Bonchev–Trinajstić information content (AvgIpc) is 3.15. The lowest BCUT2D eigenvalue weighted by atomic mass is 10.3. The molecule has 0 aliphatic carbocycles. The molecule has 2 aromatic rings. The Balaban J connectivity index is 1.63. The van der Waals surface area contributed by atoms with Gasteiger partial charge in [0.05, 0.1) is 24.9 Å². The lowest BCUT2D eigenvalue weighted by Crippen LogP contribution is -2.42. The molecule has 8 nitrogen and oxygen atoms in total. The summed E-state index contributed by atoms with van der Waals surface area (Å²) in [7, 11) is 1.56. The minimum atomic E-state index is -0.555. The highest BCUT2D eigenvalue weighted by Crippen LogP contribution is 2.15. The molecule has 3 N–H and O–H groups in total. The fourth-order valence-corrected chi connectivity index (χ4v) is 2.36. The Morgan fingerprint density at radius 3 is 2.40 bits per heavy atom. The van der Waals surface area contributed by atoms with Gasteiger partial charge in [0.1, 0.15) is 5.75 Å². The third-order valence-corrected chi connectivity index (χ3v) is 3.83. The first-order chi connectivity index (χ1) is 12.1. The van der Waals surface area contributed by atoms with Crippen LogP contribution in [0.15, 0.2) is 47.1 Å². The number of hydrogen-bond acceptors (Lipinski definition) is 6. The van der Waals surface area contributed by atoms with Crippen LogP contribution >= 0.6 is 11.8 Å². The molecule has 3 amide bonds. The first-order valence-electron chi connectivity index (χ1n) is 7.23. The largest absolute Gasteiger partial charge is 0.497 e. The van der Waals surface area contributed by atoms with Crippen LogP contribution in [0.3, 0.4) is 0 Å². The Morgan fingerprint density at radius 1 is 1.04 bits per heavy atom. The topological polar surface area (TPSA) is 110 Å². The third kappa shape index (κ3) is 6.22. The van der Waals surface area contributed by atoms with Crippen LogP contribution < -0.4 is 20.9 Å². The highest BCUT2D eigenvalue weighted by atomic mass is 32.2. The number of carbonyl (C=O) groups excluding carboxylic acids is 3. The van der Waals surface area contributed by atoms with Crippen molar-refractivity contribution < 1.29 is 23.5 Å². The zero-order valence-electron chi connectivity index (χ0n) is 13.4. The Hall–Kier alpha value is -2.94. The van der Waals surface area contributed by atoms with Gasteiger partial charge in [-0.05, 0) is 36.4 Å². The molecule has 1 heterocycles. The molecular formula is C16H17N3O5S. The van der Waals surface area contributed by atoms with Crippen LogP contribution in [0.4, 0.5) is 5.69 Å². The summed E-state index contributed by atoms with van der Waals surface area (Å²) in [5.74, 6) is -0.308. The number of anilines is 1. The Bertz CT molecular complexity index is 716. The molecule has 132 valence electrons. The van der Waals surface area contributed by atoms with Crippen molar-refractivity contribution in [1.29, 1.82) is 0 Å². The first-order valence-corrected chi connectivity index (χ1v) is 8.38. The van der Waals surface area contributed by atoms with Gasteiger partial charge >= 0.3 is 5.91 Å². The van der Waals surface area contributed by atoms with E-state index >= 15 is 0 Å². The second-order valence-corrected chi connectivity index (χ2v) is 5.73. The van der Waals surface area contributed by atoms with E-state index < -0.39 is 11.8 Å². The van der Waals surface area contributed by atoms with Crippen molar-refractivity contribution in [3.8, 4) is 5.75 Å². The molecule has 9 heteroatoms. The summed E-state index contributed by atoms with van der Waals surface area (Å²) >= 11 is 1.12. The molecule has 0 radical (unpaired) electrons. The molecule has 1 aromatic heterocycles. The van der Waals surface area contributed by atoms with Gasteiger partial charge in [0.15, 0.2) is 5.76 Å². The van der Waals surface area contributed by atoms with Crippen molar-refractivity contribution in [2.75, 3.05) is 23.9 Å². The number of ether oxygens (including phenoxy) is 1. The first kappa shape index (κ1) is 18.4. The van der Waals surface area contributed by atoms with Crippen LogP contribution in [-0.2, 0) is 9.59 Å². The zero-order valence-corrected chi connectivity index (χ0v) is 14.2. The predicted molar refractivity (Wildman–Crippen MR) is 93.3 cm³/mol. The van der Waals surface area contributed by atoms with E-state index in [2.05, 4.69) is 16.2 Å². The second kappa shape index (κ2) is 9.38. The monoisotopic (exact) mass is 363 g/mol. The number of nitrogens with one attached hydrogen (secondary N) is 3. The van der Waals surface area contributed by atoms with E-state index in [9.17, 15) is 14.4 Å². The quantitative estimate of drug-likeness (QED) is 0.642. The van der Waals surface area contributed by atoms with Gasteiger partial charge < -0.3 is 14.5 Å². The minimum Gasteiger partial charge on any atom is -0.497 e. The van der Waals surface area contributed by atoms with E-state index in [4.69, 9.17) is 9.15 Å². The van der Waals surface area contributed by atoms with E-state index in [-0.39, 0.29) is 23.2 Å². The highest BCUT2D eigenvalue weighted by molar-refractivity contribution is 8.00. The molecule has 0 atom stereocenters. The van der Waals surface area contributed by atoms with Gasteiger partial charge in [0.25, 0.3) is 0 Å². The van der Waals surface area contributed by atoms with E-state index in [1.165, 1.54) is 12.3 Å². The summed E-state index contributed by atoms with van der Waals surface area (Å²) in [6, 6.07) is 9.94. The SMILES string of the molecule is COc1ccc(NC(=O)CSCC(=O)NNC(=O)c2ccco2)cc1. The van der Waals surface area contributed by atoms with Gasteiger partial charge in [-0.2, -0.15) is 0 Å². The fraction of sp³-hybridized carbons (Fsp3) is 0.188. The van der Waals surface area contributed by atoms with E-state index in [0.29, 0.717) is 11.4 Å². The number of hydrazine groups is 1. The van der Waals surface area contributed by atoms with E-state index in [1.807, 2.05) is 0 Å². The summed E-state index contributed by atoms with van der Waals surface area (Å²) in [6.45, 7) is 0. The van der Waals surface area contributed by atoms with Crippen LogP contribution in [0.1, 0.15) is 10.6 Å². The summed E-state index contributed by atoms with van der Waals surface area (Å²) in [5, 5.41) is 2.71. The molecule has 0 saturated carbocycles. The van der Waals surface area contributed by atoms with Crippen molar-refractivity contribution in [2.45, 2.75) is 0 Å². The van der Waals surface area contributed by atoms with Gasteiger partial charge in [-0.25, -0.2) is 0 Å². The van der Waals surface area contributed by atoms with Crippen LogP contribution in [-0.4, -0.2) is 36.3 Å². The molecule has 0 bridgehead atoms. The molecule has 2 rings (SSSR count). The van der Waals surface area contributed by atoms with Gasteiger partial charge in [-0.3, -0.25) is 25.2 Å². The van der Waals surface area contributed by atoms with Crippen molar-refractivity contribution >= 4 is 35.2 Å². The smallest absolute Gasteiger partial charge is 0.305 e. The van der Waals surface area contributed by atoms with Crippen LogP contribution in [0.2, 0.25) is 0 Å². The van der Waals surface area contributed by atoms with Gasteiger partial charge in [-0.1, -0.05) is 0 Å². The van der Waals surface area contributed by atoms with E-state index in [1.54, 1.807) is 37.4 Å². The maximum atomic E-state index is 11.8. The minimum absolute atomic E-state index is 0.0223. The number of hydrogen-bond donors (Lipinski definition) is 3.